The molecule has 0 aliphatic carbocycles. The molecule has 0 saturated heterocycles. The topological polar surface area (TPSA) is 60.4 Å². The molecule has 3 aromatic carbocycles. The first-order valence-corrected chi connectivity index (χ1v) is 10.6. The number of halogens is 2. The van der Waals surface area contributed by atoms with Crippen LogP contribution in [-0.2, 0) is 14.6 Å². The third-order valence-corrected chi connectivity index (χ3v) is 6.43. The van der Waals surface area contributed by atoms with Crippen LogP contribution >= 0.6 is 0 Å². The second-order valence-electron chi connectivity index (χ2n) is 6.57. The molecule has 0 aromatic heterocycles. The first-order chi connectivity index (χ1) is 13.8. The Bertz CT molecular complexity index is 1090. The summed E-state index contributed by atoms with van der Waals surface area (Å²) in [4.78, 5) is 11.9. The molecule has 0 atom stereocenters. The monoisotopic (exact) mass is 418 g/mol. The Balaban J connectivity index is 1.53. The molecule has 0 radical (unpaired) electrons. The lowest BCUT2D eigenvalue weighted by atomic mass is 10.1. The third-order valence-electron chi connectivity index (χ3n) is 4.55. The van der Waals surface area contributed by atoms with Crippen molar-refractivity contribution in [2.75, 3.05) is 6.61 Å². The van der Waals surface area contributed by atoms with Crippen LogP contribution in [0.15, 0.2) is 77.7 Å². The predicted molar refractivity (Wildman–Crippen MR) is 107 cm³/mol. The van der Waals surface area contributed by atoms with Crippen LogP contribution in [0.4, 0.5) is 8.78 Å². The number of sulfone groups is 1. The van der Waals surface area contributed by atoms with Gasteiger partial charge in [-0.15, -0.1) is 0 Å². The van der Waals surface area contributed by atoms with Crippen molar-refractivity contribution in [2.24, 2.45) is 0 Å². The molecular weight excluding hydrogens is 398 g/mol. The Morgan fingerprint density at radius 2 is 1.52 bits per heavy atom. The molecule has 0 fully saturated rings. The molecule has 0 aliphatic rings. The van der Waals surface area contributed by atoms with Crippen molar-refractivity contribution in [1.29, 1.82) is 0 Å². The molecule has 0 bridgehead atoms. The fourth-order valence-electron chi connectivity index (χ4n) is 2.99. The minimum Gasteiger partial charge on any atom is -0.462 e. The number of carbonyl (C=O) groups excluding carboxylic acids is 1. The molecule has 0 aliphatic heterocycles. The summed E-state index contributed by atoms with van der Waals surface area (Å²) in [6.45, 7) is -0.0660. The van der Waals surface area contributed by atoms with E-state index in [-0.39, 0.29) is 19.4 Å². The highest BCUT2D eigenvalue weighted by molar-refractivity contribution is 7.92. The molecule has 3 rings (SSSR count). The average molecular weight is 418 g/mol. The minimum absolute atomic E-state index is 0.0660. The molecule has 7 heteroatoms. The van der Waals surface area contributed by atoms with Crippen LogP contribution in [0.3, 0.4) is 0 Å². The fourth-order valence-corrected chi connectivity index (χ4v) is 4.26. The average Bonchev–Trinajstić information content (AvgIpc) is 2.73. The number of ether oxygens (including phenoxy) is 1. The van der Waals surface area contributed by atoms with Gasteiger partial charge >= 0.3 is 11.2 Å². The van der Waals surface area contributed by atoms with Gasteiger partial charge < -0.3 is 4.74 Å². The Morgan fingerprint density at radius 1 is 0.862 bits per heavy atom. The zero-order chi connectivity index (χ0) is 20.9. The van der Waals surface area contributed by atoms with Crippen molar-refractivity contribution in [1.82, 2.24) is 0 Å². The summed E-state index contributed by atoms with van der Waals surface area (Å²) in [6, 6.07) is 19.3. The SMILES string of the molecule is O=C(OCCCCC(F)(F)S(=O)(=O)c1ccccc1)c1cccc2ccccc12. The van der Waals surface area contributed by atoms with E-state index in [1.165, 1.54) is 12.1 Å². The van der Waals surface area contributed by atoms with Gasteiger partial charge in [-0.1, -0.05) is 54.6 Å². The highest BCUT2D eigenvalue weighted by Gasteiger charge is 2.45. The lowest BCUT2D eigenvalue weighted by Crippen LogP contribution is -2.29. The van der Waals surface area contributed by atoms with Gasteiger partial charge in [-0.05, 0) is 41.8 Å². The van der Waals surface area contributed by atoms with Gasteiger partial charge in [0.1, 0.15) is 0 Å². The van der Waals surface area contributed by atoms with Crippen LogP contribution in [0.5, 0.6) is 0 Å². The van der Waals surface area contributed by atoms with E-state index in [2.05, 4.69) is 0 Å². The second kappa shape index (κ2) is 8.69. The number of alkyl halides is 2. The zero-order valence-corrected chi connectivity index (χ0v) is 16.4. The number of fused-ring (bicyclic) bond motifs is 1. The van der Waals surface area contributed by atoms with Crippen LogP contribution < -0.4 is 0 Å². The van der Waals surface area contributed by atoms with Crippen LogP contribution in [0.2, 0.25) is 0 Å². The minimum atomic E-state index is -4.75. The van der Waals surface area contributed by atoms with Gasteiger partial charge in [0.05, 0.1) is 17.1 Å². The number of carbonyl (C=O) groups is 1. The van der Waals surface area contributed by atoms with E-state index in [0.717, 1.165) is 22.9 Å². The second-order valence-corrected chi connectivity index (χ2v) is 8.65. The standard InChI is InChI=1S/C22H20F2O4S/c23-22(24,29(26,27)18-11-2-1-3-12-18)15-6-7-16-28-21(25)20-14-8-10-17-9-4-5-13-19(17)20/h1-5,8-14H,6-7,15-16H2. The van der Waals surface area contributed by atoms with Crippen molar-refractivity contribution in [3.63, 3.8) is 0 Å². The normalized spacial score (nSPS) is 12.1. The first kappa shape index (κ1) is 20.9. The lowest BCUT2D eigenvalue weighted by molar-refractivity contribution is 0.0477. The zero-order valence-electron chi connectivity index (χ0n) is 15.6. The molecule has 152 valence electrons. The van der Waals surface area contributed by atoms with Crippen LogP contribution in [0.1, 0.15) is 29.6 Å². The van der Waals surface area contributed by atoms with E-state index < -0.39 is 32.4 Å². The molecule has 0 spiro atoms. The molecule has 3 aromatic rings. The predicted octanol–water partition coefficient (Wildman–Crippen LogP) is 5.23. The van der Waals surface area contributed by atoms with E-state index in [1.54, 1.807) is 24.3 Å². The summed E-state index contributed by atoms with van der Waals surface area (Å²) in [5.74, 6) is -0.537. The van der Waals surface area contributed by atoms with Crippen molar-refractivity contribution < 1.29 is 26.7 Å². The Labute approximate surface area is 168 Å². The van der Waals surface area contributed by atoms with Crippen molar-refractivity contribution in [2.45, 2.75) is 29.4 Å². The molecule has 0 saturated carbocycles. The van der Waals surface area contributed by atoms with Crippen molar-refractivity contribution >= 4 is 26.6 Å². The fraction of sp³-hybridized carbons (Fsp3) is 0.227. The summed E-state index contributed by atoms with van der Waals surface area (Å²) in [7, 11) is -4.75. The van der Waals surface area contributed by atoms with E-state index in [0.29, 0.717) is 5.56 Å². The highest BCUT2D eigenvalue weighted by atomic mass is 32.2. The van der Waals surface area contributed by atoms with Crippen molar-refractivity contribution in [3.8, 4) is 0 Å². The first-order valence-electron chi connectivity index (χ1n) is 9.15. The third kappa shape index (κ3) is 4.62. The summed E-state index contributed by atoms with van der Waals surface area (Å²) in [5.41, 5.74) is 0.403. The van der Waals surface area contributed by atoms with E-state index in [9.17, 15) is 22.0 Å². The lowest BCUT2D eigenvalue weighted by Gasteiger charge is -2.17. The Kier molecular flexibility index (Phi) is 6.27. The Hall–Kier alpha value is -2.80. The number of hydrogen-bond donors (Lipinski definition) is 0. The van der Waals surface area contributed by atoms with Gasteiger partial charge in [-0.3, -0.25) is 0 Å². The van der Waals surface area contributed by atoms with E-state index in [4.69, 9.17) is 4.74 Å². The number of esters is 1. The molecule has 0 heterocycles. The molecule has 4 nitrogen and oxygen atoms in total. The number of rotatable bonds is 8. The van der Waals surface area contributed by atoms with Gasteiger partial charge in [-0.25, -0.2) is 13.2 Å². The van der Waals surface area contributed by atoms with Gasteiger partial charge in [0, 0.05) is 6.42 Å². The molecular formula is C22H20F2O4S. The number of benzene rings is 3. The maximum atomic E-state index is 14.2. The number of unbranched alkanes of at least 4 members (excludes halogenated alkanes) is 1. The van der Waals surface area contributed by atoms with Gasteiger partial charge in [-0.2, -0.15) is 8.78 Å². The number of hydrogen-bond acceptors (Lipinski definition) is 4. The van der Waals surface area contributed by atoms with Gasteiger partial charge in [0.15, 0.2) is 0 Å². The van der Waals surface area contributed by atoms with Gasteiger partial charge in [0.25, 0.3) is 0 Å². The molecule has 0 unspecified atom stereocenters. The summed E-state index contributed by atoms with van der Waals surface area (Å²) >= 11 is 0. The molecule has 29 heavy (non-hydrogen) atoms. The van der Waals surface area contributed by atoms with Gasteiger partial charge in [0.2, 0.25) is 9.84 Å². The van der Waals surface area contributed by atoms with E-state index >= 15 is 0 Å². The van der Waals surface area contributed by atoms with Crippen LogP contribution in [0, 0.1) is 0 Å². The highest BCUT2D eigenvalue weighted by Crippen LogP contribution is 2.33. The van der Waals surface area contributed by atoms with Crippen molar-refractivity contribution in [3.05, 3.63) is 78.4 Å². The van der Waals surface area contributed by atoms with Crippen LogP contribution in [-0.4, -0.2) is 26.2 Å². The molecule has 0 N–H and O–H groups in total. The quantitative estimate of drug-likeness (QED) is 0.371. The van der Waals surface area contributed by atoms with E-state index in [1.807, 2.05) is 24.3 Å². The maximum Gasteiger partial charge on any atom is 0.350 e. The smallest absolute Gasteiger partial charge is 0.350 e. The summed E-state index contributed by atoms with van der Waals surface area (Å²) in [6.07, 6.45) is -0.797. The summed E-state index contributed by atoms with van der Waals surface area (Å²) < 4.78 is 57.8. The molecule has 0 amide bonds. The van der Waals surface area contributed by atoms with Crippen LogP contribution in [0.25, 0.3) is 10.8 Å². The maximum absolute atomic E-state index is 14.2. The summed E-state index contributed by atoms with van der Waals surface area (Å²) in [5, 5.41) is -2.23. The Morgan fingerprint density at radius 3 is 2.28 bits per heavy atom. The largest absolute Gasteiger partial charge is 0.462 e.